The Balaban J connectivity index is 2.71. The third kappa shape index (κ3) is 4.47. The third-order valence-electron chi connectivity index (χ3n) is 2.67. The van der Waals surface area contributed by atoms with Gasteiger partial charge in [0.1, 0.15) is 0 Å². The summed E-state index contributed by atoms with van der Waals surface area (Å²) in [5.41, 5.74) is 3.07. The van der Waals surface area contributed by atoms with Gasteiger partial charge in [-0.1, -0.05) is 13.3 Å². The zero-order valence-corrected chi connectivity index (χ0v) is 11.1. The van der Waals surface area contributed by atoms with Crippen molar-refractivity contribution < 1.29 is 4.79 Å². The molecule has 0 aliphatic rings. The van der Waals surface area contributed by atoms with Crippen LogP contribution in [0.3, 0.4) is 0 Å². The smallest absolute Gasteiger partial charge is 0.221 e. The molecule has 3 heteroatoms. The molecule has 0 saturated heterocycles. The van der Waals surface area contributed by atoms with Gasteiger partial charge in [0.2, 0.25) is 5.91 Å². The van der Waals surface area contributed by atoms with E-state index in [2.05, 4.69) is 30.5 Å². The van der Waals surface area contributed by atoms with Crippen molar-refractivity contribution in [2.45, 2.75) is 46.6 Å². The highest BCUT2D eigenvalue weighted by molar-refractivity contribution is 5.89. The van der Waals surface area contributed by atoms with Gasteiger partial charge in [-0.2, -0.15) is 0 Å². The minimum absolute atomic E-state index is 0.0341. The van der Waals surface area contributed by atoms with Crippen molar-refractivity contribution in [3.8, 4) is 0 Å². The first-order valence-electron chi connectivity index (χ1n) is 6.17. The first-order chi connectivity index (χ1) is 8.02. The molecule has 0 fully saturated rings. The van der Waals surface area contributed by atoms with Crippen LogP contribution >= 0.6 is 0 Å². The van der Waals surface area contributed by atoms with Crippen molar-refractivity contribution in [3.63, 3.8) is 0 Å². The summed E-state index contributed by atoms with van der Waals surface area (Å²) in [5.74, 6) is -0.0341. The molecule has 0 saturated carbocycles. The largest absolute Gasteiger partial charge is 0.383 e. The van der Waals surface area contributed by atoms with Gasteiger partial charge in [0.05, 0.1) is 0 Å². The predicted molar refractivity (Wildman–Crippen MR) is 73.5 cm³/mol. The first-order valence-corrected chi connectivity index (χ1v) is 6.17. The van der Waals surface area contributed by atoms with Gasteiger partial charge in [-0.05, 0) is 44.0 Å². The Bertz CT molecular complexity index is 388. The molecule has 1 aromatic rings. The molecular weight excluding hydrogens is 212 g/mol. The average Bonchev–Trinajstić information content (AvgIpc) is 2.22. The van der Waals surface area contributed by atoms with Gasteiger partial charge in [0.25, 0.3) is 0 Å². The zero-order valence-electron chi connectivity index (χ0n) is 11.1. The van der Waals surface area contributed by atoms with E-state index in [1.54, 1.807) is 0 Å². The van der Waals surface area contributed by atoms with Crippen molar-refractivity contribution in [2.75, 3.05) is 10.6 Å². The van der Waals surface area contributed by atoms with Gasteiger partial charge in [-0.3, -0.25) is 4.79 Å². The van der Waals surface area contributed by atoms with Gasteiger partial charge < -0.3 is 10.6 Å². The normalized spacial score (nSPS) is 12.0. The van der Waals surface area contributed by atoms with Gasteiger partial charge in [-0.25, -0.2) is 0 Å². The number of amides is 1. The number of hydrogen-bond acceptors (Lipinski definition) is 2. The fourth-order valence-electron chi connectivity index (χ4n) is 1.87. The maximum absolute atomic E-state index is 11.0. The Hall–Kier alpha value is -1.51. The van der Waals surface area contributed by atoms with E-state index < -0.39 is 0 Å². The van der Waals surface area contributed by atoms with Crippen LogP contribution in [0, 0.1) is 6.92 Å². The Morgan fingerprint density at radius 1 is 1.41 bits per heavy atom. The Morgan fingerprint density at radius 2 is 2.12 bits per heavy atom. The number of nitrogens with one attached hydrogen (secondary N) is 2. The summed E-state index contributed by atoms with van der Waals surface area (Å²) in [7, 11) is 0. The second kappa shape index (κ2) is 6.28. The molecule has 17 heavy (non-hydrogen) atoms. The number of benzene rings is 1. The van der Waals surface area contributed by atoms with E-state index in [-0.39, 0.29) is 5.91 Å². The molecule has 0 radical (unpaired) electrons. The Morgan fingerprint density at radius 3 is 2.65 bits per heavy atom. The summed E-state index contributed by atoms with van der Waals surface area (Å²) in [4.78, 5) is 11.0. The number of carbonyl (C=O) groups is 1. The molecule has 1 atom stereocenters. The Labute approximate surface area is 104 Å². The molecule has 0 heterocycles. The molecule has 3 nitrogen and oxygen atoms in total. The number of anilines is 2. The zero-order chi connectivity index (χ0) is 12.8. The number of rotatable bonds is 5. The van der Waals surface area contributed by atoms with E-state index in [1.807, 2.05) is 19.1 Å². The molecule has 0 aliphatic heterocycles. The van der Waals surface area contributed by atoms with Crippen molar-refractivity contribution >= 4 is 17.3 Å². The Kier molecular flexibility index (Phi) is 5.01. The highest BCUT2D eigenvalue weighted by Crippen LogP contribution is 2.20. The van der Waals surface area contributed by atoms with Gasteiger partial charge in [0, 0.05) is 24.3 Å². The molecule has 0 aliphatic carbocycles. The van der Waals surface area contributed by atoms with Crippen molar-refractivity contribution in [2.24, 2.45) is 0 Å². The molecule has 0 aromatic heterocycles. The van der Waals surface area contributed by atoms with Crippen LogP contribution in [0.5, 0.6) is 0 Å². The average molecular weight is 234 g/mol. The van der Waals surface area contributed by atoms with Gasteiger partial charge in [0.15, 0.2) is 0 Å². The van der Waals surface area contributed by atoms with Crippen molar-refractivity contribution in [1.29, 1.82) is 0 Å². The lowest BCUT2D eigenvalue weighted by Gasteiger charge is -2.16. The molecule has 0 bridgehead atoms. The highest BCUT2D eigenvalue weighted by atomic mass is 16.1. The van der Waals surface area contributed by atoms with Crippen LogP contribution < -0.4 is 10.6 Å². The second-order valence-corrected chi connectivity index (χ2v) is 4.54. The molecule has 1 unspecified atom stereocenters. The molecule has 1 amide bonds. The van der Waals surface area contributed by atoms with Crippen LogP contribution in [0.2, 0.25) is 0 Å². The van der Waals surface area contributed by atoms with Crippen LogP contribution in [0.15, 0.2) is 18.2 Å². The van der Waals surface area contributed by atoms with E-state index in [4.69, 9.17) is 0 Å². The topological polar surface area (TPSA) is 41.1 Å². The standard InChI is InChI=1S/C14H22N2O/c1-5-6-11(3)15-13-7-8-14(10(2)9-13)16-12(4)17/h7-9,11,15H,5-6H2,1-4H3,(H,16,17). The predicted octanol–water partition coefficient (Wildman–Crippen LogP) is 3.55. The van der Waals surface area contributed by atoms with Crippen molar-refractivity contribution in [3.05, 3.63) is 23.8 Å². The number of aryl methyl sites for hydroxylation is 1. The minimum Gasteiger partial charge on any atom is -0.383 e. The molecule has 94 valence electrons. The van der Waals surface area contributed by atoms with Crippen LogP contribution in [-0.2, 0) is 4.79 Å². The van der Waals surface area contributed by atoms with E-state index in [1.165, 1.54) is 13.3 Å². The van der Waals surface area contributed by atoms with Crippen molar-refractivity contribution in [1.82, 2.24) is 0 Å². The lowest BCUT2D eigenvalue weighted by Crippen LogP contribution is -2.14. The van der Waals surface area contributed by atoms with Crippen LogP contribution in [0.1, 0.15) is 39.2 Å². The van der Waals surface area contributed by atoms with Crippen LogP contribution in [0.25, 0.3) is 0 Å². The number of carbonyl (C=O) groups excluding carboxylic acids is 1. The fraction of sp³-hybridized carbons (Fsp3) is 0.500. The molecule has 1 rings (SSSR count). The van der Waals surface area contributed by atoms with Gasteiger partial charge >= 0.3 is 0 Å². The van der Waals surface area contributed by atoms with E-state index >= 15 is 0 Å². The first kappa shape index (κ1) is 13.6. The maximum Gasteiger partial charge on any atom is 0.221 e. The summed E-state index contributed by atoms with van der Waals surface area (Å²) in [6, 6.07) is 6.49. The fourth-order valence-corrected chi connectivity index (χ4v) is 1.87. The maximum atomic E-state index is 11.0. The minimum atomic E-state index is -0.0341. The quantitative estimate of drug-likeness (QED) is 0.818. The summed E-state index contributed by atoms with van der Waals surface area (Å²) >= 11 is 0. The highest BCUT2D eigenvalue weighted by Gasteiger charge is 2.04. The van der Waals surface area contributed by atoms with E-state index in [0.29, 0.717) is 6.04 Å². The lowest BCUT2D eigenvalue weighted by molar-refractivity contribution is -0.114. The van der Waals surface area contributed by atoms with Crippen LogP contribution in [0.4, 0.5) is 11.4 Å². The van der Waals surface area contributed by atoms with E-state index in [0.717, 1.165) is 23.4 Å². The monoisotopic (exact) mass is 234 g/mol. The summed E-state index contributed by atoms with van der Waals surface area (Å²) in [6.07, 6.45) is 2.34. The van der Waals surface area contributed by atoms with Crippen LogP contribution in [-0.4, -0.2) is 11.9 Å². The third-order valence-corrected chi connectivity index (χ3v) is 2.67. The second-order valence-electron chi connectivity index (χ2n) is 4.54. The lowest BCUT2D eigenvalue weighted by atomic mass is 10.1. The molecule has 1 aromatic carbocycles. The number of hydrogen-bond donors (Lipinski definition) is 2. The summed E-state index contributed by atoms with van der Waals surface area (Å²) < 4.78 is 0. The molecule has 2 N–H and O–H groups in total. The molecule has 0 spiro atoms. The SMILES string of the molecule is CCCC(C)Nc1ccc(NC(C)=O)c(C)c1. The molecular formula is C14H22N2O. The summed E-state index contributed by atoms with van der Waals surface area (Å²) in [5, 5.41) is 6.26. The van der Waals surface area contributed by atoms with Gasteiger partial charge in [-0.15, -0.1) is 0 Å². The summed E-state index contributed by atoms with van der Waals surface area (Å²) in [6.45, 7) is 7.89. The van der Waals surface area contributed by atoms with E-state index in [9.17, 15) is 4.79 Å².